The van der Waals surface area contributed by atoms with Gasteiger partial charge in [-0.2, -0.15) is 0 Å². The Hall–Kier alpha value is -1.34. The van der Waals surface area contributed by atoms with Crippen molar-refractivity contribution in [3.8, 4) is 0 Å². The van der Waals surface area contributed by atoms with Gasteiger partial charge in [0.25, 0.3) is 0 Å². The van der Waals surface area contributed by atoms with E-state index in [9.17, 15) is 5.11 Å². The molecule has 0 spiro atoms. The molecule has 0 aromatic heterocycles. The Morgan fingerprint density at radius 1 is 1.05 bits per heavy atom. The van der Waals surface area contributed by atoms with Crippen LogP contribution in [0.25, 0.3) is 10.8 Å². The van der Waals surface area contributed by atoms with E-state index in [1.54, 1.807) is 0 Å². The molecular formula is C20H26O. The third-order valence-corrected chi connectivity index (χ3v) is 5.19. The number of aliphatic hydroxyl groups is 1. The highest BCUT2D eigenvalue weighted by molar-refractivity contribution is 5.83. The number of aliphatic hydroxyl groups excluding tert-OH is 1. The molecule has 0 amide bonds. The van der Waals surface area contributed by atoms with Gasteiger partial charge >= 0.3 is 0 Å². The maximum Gasteiger partial charge on any atom is 0.0568 e. The van der Waals surface area contributed by atoms with Crippen LogP contribution in [-0.2, 0) is 0 Å². The van der Waals surface area contributed by atoms with Crippen LogP contribution in [0.1, 0.15) is 56.9 Å². The highest BCUT2D eigenvalue weighted by atomic mass is 16.3. The van der Waals surface area contributed by atoms with Crippen molar-refractivity contribution in [2.75, 3.05) is 0 Å². The summed E-state index contributed by atoms with van der Waals surface area (Å²) in [6, 6.07) is 15.4. The molecule has 3 rings (SSSR count). The van der Waals surface area contributed by atoms with Gasteiger partial charge in [0.2, 0.25) is 0 Å². The molecule has 2 aromatic carbocycles. The minimum absolute atomic E-state index is 0.0757. The average molecular weight is 282 g/mol. The molecule has 1 N–H and O–H groups in total. The minimum Gasteiger partial charge on any atom is -0.393 e. The molecule has 1 aliphatic carbocycles. The van der Waals surface area contributed by atoms with Crippen LogP contribution in [0.4, 0.5) is 0 Å². The topological polar surface area (TPSA) is 20.2 Å². The molecule has 0 aliphatic heterocycles. The van der Waals surface area contributed by atoms with Gasteiger partial charge in [0, 0.05) is 0 Å². The molecule has 3 unspecified atom stereocenters. The van der Waals surface area contributed by atoms with Crippen molar-refractivity contribution in [2.24, 2.45) is 5.92 Å². The fourth-order valence-corrected chi connectivity index (χ4v) is 3.83. The number of benzene rings is 2. The van der Waals surface area contributed by atoms with Crippen molar-refractivity contribution in [3.63, 3.8) is 0 Å². The molecule has 112 valence electrons. The summed E-state index contributed by atoms with van der Waals surface area (Å²) in [5.41, 5.74) is 1.44. The van der Waals surface area contributed by atoms with E-state index in [0.29, 0.717) is 11.8 Å². The van der Waals surface area contributed by atoms with Gasteiger partial charge in [-0.1, -0.05) is 62.2 Å². The largest absolute Gasteiger partial charge is 0.393 e. The fourth-order valence-electron chi connectivity index (χ4n) is 3.83. The van der Waals surface area contributed by atoms with Crippen molar-refractivity contribution < 1.29 is 5.11 Å². The Labute approximate surface area is 128 Å². The van der Waals surface area contributed by atoms with E-state index in [-0.39, 0.29) is 6.10 Å². The standard InChI is InChI=1S/C20H26O/c1-2-15(13-19-9-5-6-10-20(19)21)18-12-11-16-7-3-4-8-17(16)14-18/h3-4,7-8,11-12,14-15,19-21H,2,5-6,9-10,13H2,1H3. The molecule has 2 aromatic rings. The summed E-state index contributed by atoms with van der Waals surface area (Å²) in [4.78, 5) is 0. The van der Waals surface area contributed by atoms with Gasteiger partial charge in [-0.3, -0.25) is 0 Å². The first-order valence-electron chi connectivity index (χ1n) is 8.44. The second-order valence-electron chi connectivity index (χ2n) is 6.56. The molecular weight excluding hydrogens is 256 g/mol. The minimum atomic E-state index is -0.0757. The maximum atomic E-state index is 10.2. The molecule has 3 atom stereocenters. The lowest BCUT2D eigenvalue weighted by Crippen LogP contribution is -2.26. The summed E-state index contributed by atoms with van der Waals surface area (Å²) >= 11 is 0. The molecule has 1 saturated carbocycles. The predicted octanol–water partition coefficient (Wildman–Crippen LogP) is 5.27. The number of hydrogen-bond donors (Lipinski definition) is 1. The van der Waals surface area contributed by atoms with Crippen LogP contribution in [0.3, 0.4) is 0 Å². The lowest BCUT2D eigenvalue weighted by Gasteiger charge is -2.30. The first-order chi connectivity index (χ1) is 10.3. The van der Waals surface area contributed by atoms with Crippen LogP contribution >= 0.6 is 0 Å². The zero-order valence-corrected chi connectivity index (χ0v) is 13.0. The van der Waals surface area contributed by atoms with Gasteiger partial charge in [-0.25, -0.2) is 0 Å². The summed E-state index contributed by atoms with van der Waals surface area (Å²) in [5, 5.41) is 12.9. The number of hydrogen-bond acceptors (Lipinski definition) is 1. The van der Waals surface area contributed by atoms with Crippen molar-refractivity contribution >= 4 is 10.8 Å². The van der Waals surface area contributed by atoms with E-state index < -0.39 is 0 Å². The normalized spacial score (nSPS) is 24.1. The quantitative estimate of drug-likeness (QED) is 0.809. The van der Waals surface area contributed by atoms with Gasteiger partial charge in [-0.05, 0) is 53.9 Å². The summed E-state index contributed by atoms with van der Waals surface area (Å²) in [6.45, 7) is 2.27. The van der Waals surface area contributed by atoms with Crippen LogP contribution in [0.2, 0.25) is 0 Å². The Kier molecular flexibility index (Phi) is 4.60. The van der Waals surface area contributed by atoms with E-state index in [1.165, 1.54) is 35.6 Å². The Bertz CT molecular complexity index is 589. The molecule has 1 heteroatoms. The van der Waals surface area contributed by atoms with Crippen LogP contribution in [0, 0.1) is 5.92 Å². The third-order valence-electron chi connectivity index (χ3n) is 5.19. The molecule has 0 saturated heterocycles. The van der Waals surface area contributed by atoms with Crippen LogP contribution in [0.15, 0.2) is 42.5 Å². The lowest BCUT2D eigenvalue weighted by molar-refractivity contribution is 0.0611. The third kappa shape index (κ3) is 3.29. The molecule has 1 aliphatic rings. The SMILES string of the molecule is CCC(CC1CCCCC1O)c1ccc2ccccc2c1. The van der Waals surface area contributed by atoms with Crippen LogP contribution in [-0.4, -0.2) is 11.2 Å². The molecule has 1 fully saturated rings. The lowest BCUT2D eigenvalue weighted by atomic mass is 9.78. The Balaban J connectivity index is 1.80. The van der Waals surface area contributed by atoms with Crippen LogP contribution in [0.5, 0.6) is 0 Å². The van der Waals surface area contributed by atoms with E-state index >= 15 is 0 Å². The monoisotopic (exact) mass is 282 g/mol. The fraction of sp³-hybridized carbons (Fsp3) is 0.500. The van der Waals surface area contributed by atoms with E-state index in [1.807, 2.05) is 0 Å². The predicted molar refractivity (Wildman–Crippen MR) is 89.6 cm³/mol. The summed E-state index contributed by atoms with van der Waals surface area (Å²) in [7, 11) is 0. The molecule has 0 bridgehead atoms. The highest BCUT2D eigenvalue weighted by Gasteiger charge is 2.26. The summed E-state index contributed by atoms with van der Waals surface area (Å²) in [6.07, 6.45) is 6.90. The molecule has 1 nitrogen and oxygen atoms in total. The van der Waals surface area contributed by atoms with Crippen molar-refractivity contribution in [1.29, 1.82) is 0 Å². The number of fused-ring (bicyclic) bond motifs is 1. The maximum absolute atomic E-state index is 10.2. The number of rotatable bonds is 4. The molecule has 21 heavy (non-hydrogen) atoms. The first-order valence-corrected chi connectivity index (χ1v) is 8.44. The van der Waals surface area contributed by atoms with Crippen molar-refractivity contribution in [3.05, 3.63) is 48.0 Å². The average Bonchev–Trinajstić information content (AvgIpc) is 2.54. The highest BCUT2D eigenvalue weighted by Crippen LogP contribution is 2.35. The van der Waals surface area contributed by atoms with E-state index in [4.69, 9.17) is 0 Å². The summed E-state index contributed by atoms with van der Waals surface area (Å²) < 4.78 is 0. The van der Waals surface area contributed by atoms with E-state index in [2.05, 4.69) is 49.4 Å². The van der Waals surface area contributed by atoms with Crippen LogP contribution < -0.4 is 0 Å². The van der Waals surface area contributed by atoms with Gasteiger partial charge in [0.05, 0.1) is 6.10 Å². The molecule has 0 heterocycles. The zero-order chi connectivity index (χ0) is 14.7. The van der Waals surface area contributed by atoms with Gasteiger partial charge in [0.1, 0.15) is 0 Å². The Morgan fingerprint density at radius 2 is 1.81 bits per heavy atom. The van der Waals surface area contributed by atoms with Crippen molar-refractivity contribution in [1.82, 2.24) is 0 Å². The zero-order valence-electron chi connectivity index (χ0n) is 13.0. The van der Waals surface area contributed by atoms with Gasteiger partial charge in [-0.15, -0.1) is 0 Å². The molecule has 0 radical (unpaired) electrons. The van der Waals surface area contributed by atoms with Gasteiger partial charge < -0.3 is 5.11 Å². The smallest absolute Gasteiger partial charge is 0.0568 e. The van der Waals surface area contributed by atoms with Gasteiger partial charge in [0.15, 0.2) is 0 Å². The second kappa shape index (κ2) is 6.62. The van der Waals surface area contributed by atoms with E-state index in [0.717, 1.165) is 19.3 Å². The second-order valence-corrected chi connectivity index (χ2v) is 6.56. The first kappa shape index (κ1) is 14.6. The van der Waals surface area contributed by atoms with Crippen molar-refractivity contribution in [2.45, 2.75) is 57.5 Å². The Morgan fingerprint density at radius 3 is 2.57 bits per heavy atom. The summed E-state index contributed by atoms with van der Waals surface area (Å²) in [5.74, 6) is 1.07.